The lowest BCUT2D eigenvalue weighted by atomic mass is 10.4. The maximum absolute atomic E-state index is 3.97. The summed E-state index contributed by atoms with van der Waals surface area (Å²) in [6.07, 6.45) is 3.62. The lowest BCUT2D eigenvalue weighted by Crippen LogP contribution is -1.84. The predicted molar refractivity (Wildman–Crippen MR) is 33.6 cm³/mol. The van der Waals surface area contributed by atoms with Crippen LogP contribution in [-0.2, 0) is 0 Å². The van der Waals surface area contributed by atoms with Gasteiger partial charge in [-0.15, -0.1) is 0 Å². The van der Waals surface area contributed by atoms with Crippen LogP contribution in [0.2, 0.25) is 0 Å². The first-order valence-corrected chi connectivity index (χ1v) is 2.54. The first-order valence-electron chi connectivity index (χ1n) is 2.54. The summed E-state index contributed by atoms with van der Waals surface area (Å²) in [4.78, 5) is 7.94. The van der Waals surface area contributed by atoms with Gasteiger partial charge in [-0.1, -0.05) is 0 Å². The summed E-state index contributed by atoms with van der Waals surface area (Å²) in [6.45, 7) is 3.85. The van der Waals surface area contributed by atoms with Gasteiger partial charge in [-0.3, -0.25) is 0 Å². The summed E-state index contributed by atoms with van der Waals surface area (Å²) in [5.41, 5.74) is 1.11. The van der Waals surface area contributed by atoms with Crippen LogP contribution >= 0.6 is 0 Å². The van der Waals surface area contributed by atoms with Gasteiger partial charge in [-0.2, -0.15) is 0 Å². The van der Waals surface area contributed by atoms with E-state index in [0.717, 1.165) is 11.4 Å². The van der Waals surface area contributed by atoms with Crippen LogP contribution in [0.4, 0.5) is 0 Å². The standard InChI is InChI=1S/C6H8N2.H2/c1-5-3-7-6(2)8-4-5;/h3-4H,1-2H3;1H. The Balaban J connectivity index is 0.000000640. The maximum Gasteiger partial charge on any atom is 0.125 e. The van der Waals surface area contributed by atoms with E-state index >= 15 is 0 Å². The molecule has 0 aliphatic rings. The normalized spacial score (nSPS) is 9.25. The molecular formula is C6H10N2. The fourth-order valence-electron chi connectivity index (χ4n) is 0.457. The molecule has 0 saturated carbocycles. The molecule has 2 heteroatoms. The molecule has 0 N–H and O–H groups in total. The van der Waals surface area contributed by atoms with Crippen LogP contribution in [-0.4, -0.2) is 9.97 Å². The third kappa shape index (κ3) is 1.03. The van der Waals surface area contributed by atoms with E-state index in [1.54, 1.807) is 0 Å². The van der Waals surface area contributed by atoms with E-state index in [-0.39, 0.29) is 1.43 Å². The monoisotopic (exact) mass is 110 g/mol. The van der Waals surface area contributed by atoms with Crippen molar-refractivity contribution in [3.05, 3.63) is 23.8 Å². The minimum Gasteiger partial charge on any atom is -0.241 e. The lowest BCUT2D eigenvalue weighted by molar-refractivity contribution is 1.03. The van der Waals surface area contributed by atoms with Crippen molar-refractivity contribution in [2.24, 2.45) is 0 Å². The molecular weight excluding hydrogens is 100 g/mol. The second kappa shape index (κ2) is 1.90. The molecule has 0 aliphatic carbocycles. The molecule has 0 spiro atoms. The number of hydrogen-bond acceptors (Lipinski definition) is 2. The molecule has 1 aromatic heterocycles. The van der Waals surface area contributed by atoms with E-state index in [4.69, 9.17) is 0 Å². The van der Waals surface area contributed by atoms with E-state index in [1.807, 2.05) is 26.2 Å². The van der Waals surface area contributed by atoms with Crippen LogP contribution in [0.3, 0.4) is 0 Å². The molecule has 0 radical (unpaired) electrons. The van der Waals surface area contributed by atoms with Gasteiger partial charge in [-0.25, -0.2) is 9.97 Å². The molecule has 0 aliphatic heterocycles. The van der Waals surface area contributed by atoms with Crippen molar-refractivity contribution in [3.63, 3.8) is 0 Å². The first-order chi connectivity index (χ1) is 3.79. The highest BCUT2D eigenvalue weighted by Crippen LogP contribution is 1.89. The van der Waals surface area contributed by atoms with Crippen LogP contribution in [0.1, 0.15) is 12.8 Å². The zero-order chi connectivity index (χ0) is 5.98. The highest BCUT2D eigenvalue weighted by atomic mass is 14.8. The summed E-state index contributed by atoms with van der Waals surface area (Å²) < 4.78 is 0. The Morgan fingerprint density at radius 3 is 2.12 bits per heavy atom. The van der Waals surface area contributed by atoms with E-state index in [2.05, 4.69) is 9.97 Å². The number of hydrogen-bond donors (Lipinski definition) is 0. The largest absolute Gasteiger partial charge is 0.241 e. The molecule has 0 bridgehead atoms. The molecule has 1 aromatic rings. The van der Waals surface area contributed by atoms with E-state index in [0.29, 0.717) is 0 Å². The fraction of sp³-hybridized carbons (Fsp3) is 0.333. The Kier molecular flexibility index (Phi) is 1.24. The van der Waals surface area contributed by atoms with E-state index in [1.165, 1.54) is 0 Å². The summed E-state index contributed by atoms with van der Waals surface area (Å²) >= 11 is 0. The van der Waals surface area contributed by atoms with Crippen LogP contribution in [0.25, 0.3) is 0 Å². The number of rotatable bonds is 0. The molecule has 0 fully saturated rings. The van der Waals surface area contributed by atoms with Gasteiger partial charge < -0.3 is 0 Å². The Morgan fingerprint density at radius 2 is 1.75 bits per heavy atom. The Hall–Kier alpha value is -0.920. The molecule has 44 valence electrons. The second-order valence-corrected chi connectivity index (χ2v) is 1.81. The first kappa shape index (κ1) is 5.22. The quantitative estimate of drug-likeness (QED) is 0.503. The third-order valence-electron chi connectivity index (χ3n) is 0.910. The Labute approximate surface area is 50.1 Å². The van der Waals surface area contributed by atoms with Crippen molar-refractivity contribution in [2.75, 3.05) is 0 Å². The highest BCUT2D eigenvalue weighted by Gasteiger charge is 1.82. The lowest BCUT2D eigenvalue weighted by Gasteiger charge is -1.88. The van der Waals surface area contributed by atoms with Gasteiger partial charge >= 0.3 is 0 Å². The second-order valence-electron chi connectivity index (χ2n) is 1.81. The number of aryl methyl sites for hydroxylation is 2. The van der Waals surface area contributed by atoms with Gasteiger partial charge in [0.05, 0.1) is 0 Å². The van der Waals surface area contributed by atoms with Crippen LogP contribution in [0.15, 0.2) is 12.4 Å². The minimum atomic E-state index is 0. The van der Waals surface area contributed by atoms with Crippen molar-refractivity contribution >= 4 is 0 Å². The van der Waals surface area contributed by atoms with Crippen molar-refractivity contribution in [1.82, 2.24) is 9.97 Å². The smallest absolute Gasteiger partial charge is 0.125 e. The topological polar surface area (TPSA) is 25.8 Å². The average Bonchev–Trinajstić information content (AvgIpc) is 1.77. The van der Waals surface area contributed by atoms with Gasteiger partial charge in [-0.05, 0) is 19.4 Å². The molecule has 8 heavy (non-hydrogen) atoms. The average molecular weight is 110 g/mol. The predicted octanol–water partition coefficient (Wildman–Crippen LogP) is 1.34. The Bertz CT molecular complexity index is 150. The van der Waals surface area contributed by atoms with E-state index < -0.39 is 0 Å². The number of aromatic nitrogens is 2. The molecule has 0 aromatic carbocycles. The highest BCUT2D eigenvalue weighted by molar-refractivity contribution is 5.00. The molecule has 0 unspecified atom stereocenters. The summed E-state index contributed by atoms with van der Waals surface area (Å²) in [5, 5.41) is 0. The zero-order valence-corrected chi connectivity index (χ0v) is 5.05. The molecule has 1 rings (SSSR count). The van der Waals surface area contributed by atoms with Crippen LogP contribution < -0.4 is 0 Å². The Morgan fingerprint density at radius 1 is 1.25 bits per heavy atom. The molecule has 1 heterocycles. The van der Waals surface area contributed by atoms with Crippen molar-refractivity contribution in [2.45, 2.75) is 13.8 Å². The van der Waals surface area contributed by atoms with Gasteiger partial charge in [0.15, 0.2) is 0 Å². The molecule has 0 amide bonds. The molecule has 2 nitrogen and oxygen atoms in total. The molecule has 0 saturated heterocycles. The minimum absolute atomic E-state index is 0. The van der Waals surface area contributed by atoms with Gasteiger partial charge in [0, 0.05) is 13.8 Å². The van der Waals surface area contributed by atoms with Crippen LogP contribution in [0.5, 0.6) is 0 Å². The SMILES string of the molecule is Cc1cnc(C)nc1.[HH]. The third-order valence-corrected chi connectivity index (χ3v) is 0.910. The number of nitrogens with zero attached hydrogens (tertiary/aromatic N) is 2. The van der Waals surface area contributed by atoms with Gasteiger partial charge in [0.25, 0.3) is 0 Å². The van der Waals surface area contributed by atoms with Crippen LogP contribution in [0, 0.1) is 13.8 Å². The fourth-order valence-corrected chi connectivity index (χ4v) is 0.457. The van der Waals surface area contributed by atoms with E-state index in [9.17, 15) is 0 Å². The van der Waals surface area contributed by atoms with Crippen molar-refractivity contribution in [1.29, 1.82) is 0 Å². The zero-order valence-electron chi connectivity index (χ0n) is 5.05. The summed E-state index contributed by atoms with van der Waals surface area (Å²) in [6, 6.07) is 0. The van der Waals surface area contributed by atoms with Crippen molar-refractivity contribution < 1.29 is 1.43 Å². The van der Waals surface area contributed by atoms with Gasteiger partial charge in [0.1, 0.15) is 5.82 Å². The summed E-state index contributed by atoms with van der Waals surface area (Å²) in [7, 11) is 0. The van der Waals surface area contributed by atoms with Crippen molar-refractivity contribution in [3.8, 4) is 0 Å². The summed E-state index contributed by atoms with van der Waals surface area (Å²) in [5.74, 6) is 0.829. The molecule has 0 atom stereocenters. The maximum atomic E-state index is 3.97. The van der Waals surface area contributed by atoms with Gasteiger partial charge in [0.2, 0.25) is 0 Å².